The van der Waals surface area contributed by atoms with Crippen LogP contribution in [0.15, 0.2) is 24.3 Å². The number of aryl methyl sites for hydroxylation is 1. The molecule has 4 heteroatoms. The third kappa shape index (κ3) is 0.887. The summed E-state index contributed by atoms with van der Waals surface area (Å²) in [6, 6.07) is 7.49. The van der Waals surface area contributed by atoms with Crippen LogP contribution in [-0.2, 0) is 7.05 Å². The first kappa shape index (κ1) is 6.97. The Morgan fingerprint density at radius 2 is 2.08 bits per heavy atom. The quantitative estimate of drug-likeness (QED) is 0.608. The summed E-state index contributed by atoms with van der Waals surface area (Å²) in [6.07, 6.45) is 0. The van der Waals surface area contributed by atoms with Gasteiger partial charge in [0.2, 0.25) is 0 Å². The SMILES string of the molecule is Cn1nnc2ccccc2c1=N. The van der Waals surface area contributed by atoms with Gasteiger partial charge in [-0.1, -0.05) is 17.3 Å². The molecule has 0 aliphatic rings. The van der Waals surface area contributed by atoms with Gasteiger partial charge in [-0.05, 0) is 12.1 Å². The van der Waals surface area contributed by atoms with Crippen LogP contribution in [0.3, 0.4) is 0 Å². The standard InChI is InChI=1S/C8H8N4/c1-12-8(9)6-4-2-3-5-7(6)10-11-12/h2-5,9H,1H3. The summed E-state index contributed by atoms with van der Waals surface area (Å²) in [5.74, 6) is 0. The first-order valence-corrected chi connectivity index (χ1v) is 3.62. The van der Waals surface area contributed by atoms with Crippen LogP contribution >= 0.6 is 0 Å². The highest BCUT2D eigenvalue weighted by molar-refractivity contribution is 5.75. The van der Waals surface area contributed by atoms with Crippen molar-refractivity contribution in [3.63, 3.8) is 0 Å². The summed E-state index contributed by atoms with van der Waals surface area (Å²) in [7, 11) is 1.71. The molecule has 4 nitrogen and oxygen atoms in total. The zero-order valence-corrected chi connectivity index (χ0v) is 6.65. The second-order valence-electron chi connectivity index (χ2n) is 2.58. The van der Waals surface area contributed by atoms with Crippen molar-refractivity contribution in [2.24, 2.45) is 7.05 Å². The van der Waals surface area contributed by atoms with Gasteiger partial charge in [0.15, 0.2) is 5.49 Å². The van der Waals surface area contributed by atoms with Gasteiger partial charge in [-0.2, -0.15) is 0 Å². The van der Waals surface area contributed by atoms with Crippen molar-refractivity contribution in [1.29, 1.82) is 5.41 Å². The average Bonchev–Trinajstić information content (AvgIpc) is 2.12. The minimum absolute atomic E-state index is 0.389. The Morgan fingerprint density at radius 3 is 2.92 bits per heavy atom. The second-order valence-corrected chi connectivity index (χ2v) is 2.58. The van der Waals surface area contributed by atoms with Gasteiger partial charge >= 0.3 is 0 Å². The average molecular weight is 160 g/mol. The zero-order valence-electron chi connectivity index (χ0n) is 6.65. The van der Waals surface area contributed by atoms with Crippen LogP contribution in [-0.4, -0.2) is 15.0 Å². The van der Waals surface area contributed by atoms with E-state index in [-0.39, 0.29) is 0 Å². The monoisotopic (exact) mass is 160 g/mol. The number of hydrogen-bond donors (Lipinski definition) is 1. The second kappa shape index (κ2) is 2.41. The number of benzene rings is 1. The van der Waals surface area contributed by atoms with Crippen LogP contribution in [0.5, 0.6) is 0 Å². The fourth-order valence-corrected chi connectivity index (χ4v) is 1.10. The van der Waals surface area contributed by atoms with Crippen LogP contribution in [0.25, 0.3) is 10.9 Å². The first-order chi connectivity index (χ1) is 5.79. The molecule has 2 rings (SSSR count). The summed E-state index contributed by atoms with van der Waals surface area (Å²) < 4.78 is 1.45. The van der Waals surface area contributed by atoms with Crippen LogP contribution in [0.1, 0.15) is 0 Å². The molecular weight excluding hydrogens is 152 g/mol. The Hall–Kier alpha value is -1.71. The Bertz CT molecular complexity index is 472. The van der Waals surface area contributed by atoms with Crippen molar-refractivity contribution < 1.29 is 0 Å². The molecule has 12 heavy (non-hydrogen) atoms. The molecule has 0 unspecified atom stereocenters. The van der Waals surface area contributed by atoms with Crippen molar-refractivity contribution in [3.05, 3.63) is 29.8 Å². The zero-order chi connectivity index (χ0) is 8.55. The summed E-state index contributed by atoms with van der Waals surface area (Å²) >= 11 is 0. The molecule has 0 atom stereocenters. The first-order valence-electron chi connectivity index (χ1n) is 3.62. The van der Waals surface area contributed by atoms with Crippen molar-refractivity contribution >= 4 is 10.9 Å². The summed E-state index contributed by atoms with van der Waals surface area (Å²) in [5.41, 5.74) is 1.15. The molecular formula is C8H8N4. The number of rotatable bonds is 0. The van der Waals surface area contributed by atoms with E-state index >= 15 is 0 Å². The number of nitrogens with one attached hydrogen (secondary N) is 1. The predicted octanol–water partition coefficient (Wildman–Crippen LogP) is 0.448. The molecule has 0 aliphatic carbocycles. The predicted molar refractivity (Wildman–Crippen MR) is 44.4 cm³/mol. The molecule has 2 aromatic rings. The molecule has 60 valence electrons. The minimum atomic E-state index is 0.389. The molecule has 0 spiro atoms. The van der Waals surface area contributed by atoms with Gasteiger partial charge in [0.05, 0.1) is 5.52 Å². The summed E-state index contributed by atoms with van der Waals surface area (Å²) in [6.45, 7) is 0. The van der Waals surface area contributed by atoms with E-state index in [1.54, 1.807) is 7.05 Å². The Morgan fingerprint density at radius 1 is 1.33 bits per heavy atom. The fourth-order valence-electron chi connectivity index (χ4n) is 1.10. The van der Waals surface area contributed by atoms with Crippen LogP contribution in [0, 0.1) is 5.41 Å². The maximum Gasteiger partial charge on any atom is 0.152 e. The lowest BCUT2D eigenvalue weighted by atomic mass is 10.2. The van der Waals surface area contributed by atoms with Crippen molar-refractivity contribution in [2.45, 2.75) is 0 Å². The highest BCUT2D eigenvalue weighted by Gasteiger charge is 1.96. The van der Waals surface area contributed by atoms with Crippen molar-refractivity contribution in [3.8, 4) is 0 Å². The van der Waals surface area contributed by atoms with Gasteiger partial charge in [0.25, 0.3) is 0 Å². The molecule has 1 heterocycles. The highest BCUT2D eigenvalue weighted by Crippen LogP contribution is 2.02. The van der Waals surface area contributed by atoms with E-state index in [2.05, 4.69) is 10.3 Å². The molecule has 0 aliphatic heterocycles. The van der Waals surface area contributed by atoms with E-state index in [1.807, 2.05) is 24.3 Å². The molecule has 0 amide bonds. The third-order valence-electron chi connectivity index (χ3n) is 1.77. The maximum atomic E-state index is 7.65. The molecule has 0 saturated heterocycles. The van der Waals surface area contributed by atoms with Gasteiger partial charge < -0.3 is 0 Å². The van der Waals surface area contributed by atoms with Crippen molar-refractivity contribution in [1.82, 2.24) is 15.0 Å². The molecule has 1 N–H and O–H groups in total. The molecule has 0 fully saturated rings. The van der Waals surface area contributed by atoms with Crippen LogP contribution < -0.4 is 5.49 Å². The Labute approximate surface area is 69.0 Å². The summed E-state index contributed by atoms with van der Waals surface area (Å²) in [4.78, 5) is 0. The summed E-state index contributed by atoms with van der Waals surface area (Å²) in [5, 5.41) is 16.2. The lowest BCUT2D eigenvalue weighted by Gasteiger charge is -1.98. The number of hydrogen-bond acceptors (Lipinski definition) is 3. The van der Waals surface area contributed by atoms with E-state index in [0.717, 1.165) is 10.9 Å². The lowest BCUT2D eigenvalue weighted by Crippen LogP contribution is -2.20. The number of fused-ring (bicyclic) bond motifs is 1. The van der Waals surface area contributed by atoms with Gasteiger partial charge in [-0.15, -0.1) is 5.10 Å². The van der Waals surface area contributed by atoms with E-state index in [0.29, 0.717) is 5.49 Å². The van der Waals surface area contributed by atoms with Gasteiger partial charge in [0, 0.05) is 12.4 Å². The Balaban J connectivity index is 3.01. The Kier molecular flexibility index (Phi) is 1.40. The molecule has 0 saturated carbocycles. The molecule has 0 bridgehead atoms. The third-order valence-corrected chi connectivity index (χ3v) is 1.77. The fraction of sp³-hybridized carbons (Fsp3) is 0.125. The minimum Gasteiger partial charge on any atom is -0.283 e. The van der Waals surface area contributed by atoms with Gasteiger partial charge in [-0.25, -0.2) is 4.68 Å². The van der Waals surface area contributed by atoms with Crippen LogP contribution in [0.4, 0.5) is 0 Å². The number of nitrogens with zero attached hydrogens (tertiary/aromatic N) is 3. The smallest absolute Gasteiger partial charge is 0.152 e. The molecule has 0 radical (unpaired) electrons. The van der Waals surface area contributed by atoms with E-state index in [1.165, 1.54) is 4.68 Å². The number of aromatic nitrogens is 3. The topological polar surface area (TPSA) is 54.6 Å². The van der Waals surface area contributed by atoms with E-state index < -0.39 is 0 Å². The van der Waals surface area contributed by atoms with Gasteiger partial charge in [-0.3, -0.25) is 5.41 Å². The highest BCUT2D eigenvalue weighted by atomic mass is 15.4. The van der Waals surface area contributed by atoms with Crippen LogP contribution in [0.2, 0.25) is 0 Å². The van der Waals surface area contributed by atoms with Crippen molar-refractivity contribution in [2.75, 3.05) is 0 Å². The van der Waals surface area contributed by atoms with E-state index in [4.69, 9.17) is 5.41 Å². The van der Waals surface area contributed by atoms with E-state index in [9.17, 15) is 0 Å². The normalized spacial score (nSPS) is 10.4. The largest absolute Gasteiger partial charge is 0.283 e. The van der Waals surface area contributed by atoms with Gasteiger partial charge in [0.1, 0.15) is 0 Å². The maximum absolute atomic E-state index is 7.65. The molecule has 1 aromatic carbocycles. The lowest BCUT2D eigenvalue weighted by molar-refractivity contribution is 0.638. The molecule has 1 aromatic heterocycles.